The predicted octanol–water partition coefficient (Wildman–Crippen LogP) is 1.93. The number of hydrogen-bond acceptors (Lipinski definition) is 2. The maximum absolute atomic E-state index is 11.1. The first-order valence-corrected chi connectivity index (χ1v) is 6.38. The van der Waals surface area contributed by atoms with Crippen molar-refractivity contribution in [1.29, 1.82) is 0 Å². The van der Waals surface area contributed by atoms with E-state index < -0.39 is 0 Å². The van der Waals surface area contributed by atoms with Crippen LogP contribution in [0.25, 0.3) is 0 Å². The smallest absolute Gasteiger partial charge is 0.221 e. The first-order chi connectivity index (χ1) is 7.44. The number of hydrogen-bond donors (Lipinski definition) is 2. The molecule has 0 aromatic rings. The third kappa shape index (κ3) is 4.12. The minimum atomic E-state index is 0.122. The van der Waals surface area contributed by atoms with Crippen molar-refractivity contribution in [2.24, 2.45) is 11.3 Å². The fourth-order valence-corrected chi connectivity index (χ4v) is 2.75. The van der Waals surface area contributed by atoms with Crippen molar-refractivity contribution in [1.82, 2.24) is 10.6 Å². The molecule has 1 saturated carbocycles. The molecule has 1 fully saturated rings. The first-order valence-electron chi connectivity index (χ1n) is 6.38. The van der Waals surface area contributed by atoms with Gasteiger partial charge in [0.1, 0.15) is 0 Å². The van der Waals surface area contributed by atoms with Crippen molar-refractivity contribution in [3.05, 3.63) is 0 Å². The molecule has 16 heavy (non-hydrogen) atoms. The fraction of sp³-hybridized carbons (Fsp3) is 0.923. The summed E-state index contributed by atoms with van der Waals surface area (Å²) in [6, 6.07) is 0.595. The molecule has 1 rings (SSSR count). The Kier molecular flexibility index (Phi) is 4.78. The van der Waals surface area contributed by atoms with Crippen molar-refractivity contribution in [3.63, 3.8) is 0 Å². The molecular weight excluding hydrogens is 200 g/mol. The van der Waals surface area contributed by atoms with E-state index in [1.807, 2.05) is 0 Å². The van der Waals surface area contributed by atoms with Crippen molar-refractivity contribution < 1.29 is 4.79 Å². The van der Waals surface area contributed by atoms with Gasteiger partial charge < -0.3 is 10.6 Å². The zero-order valence-corrected chi connectivity index (χ0v) is 11.1. The van der Waals surface area contributed by atoms with Gasteiger partial charge in [0.15, 0.2) is 0 Å². The van der Waals surface area contributed by atoms with E-state index >= 15 is 0 Å². The summed E-state index contributed by atoms with van der Waals surface area (Å²) in [6.07, 6.45) is 4.39. The van der Waals surface area contributed by atoms with Crippen LogP contribution in [-0.4, -0.2) is 25.5 Å². The lowest BCUT2D eigenvalue weighted by atomic mass is 9.70. The Morgan fingerprint density at radius 1 is 1.44 bits per heavy atom. The molecule has 1 amide bonds. The van der Waals surface area contributed by atoms with E-state index in [0.717, 1.165) is 6.54 Å². The van der Waals surface area contributed by atoms with E-state index in [1.165, 1.54) is 19.3 Å². The zero-order valence-electron chi connectivity index (χ0n) is 11.1. The van der Waals surface area contributed by atoms with Crippen LogP contribution < -0.4 is 10.6 Å². The van der Waals surface area contributed by atoms with Crippen LogP contribution in [0.1, 0.15) is 46.5 Å². The zero-order chi connectivity index (χ0) is 12.2. The molecule has 2 unspecified atom stereocenters. The van der Waals surface area contributed by atoms with Crippen LogP contribution in [-0.2, 0) is 4.79 Å². The van der Waals surface area contributed by atoms with Crippen LogP contribution in [0.3, 0.4) is 0 Å². The summed E-state index contributed by atoms with van der Waals surface area (Å²) >= 11 is 0. The van der Waals surface area contributed by atoms with Crippen LogP contribution in [0, 0.1) is 11.3 Å². The number of nitrogens with one attached hydrogen (secondary N) is 2. The minimum Gasteiger partial charge on any atom is -0.359 e. The van der Waals surface area contributed by atoms with E-state index in [1.54, 1.807) is 7.05 Å². The molecule has 3 nitrogen and oxygen atoms in total. The van der Waals surface area contributed by atoms with E-state index in [0.29, 0.717) is 23.8 Å². The highest BCUT2D eigenvalue weighted by atomic mass is 16.1. The molecule has 1 aliphatic rings. The molecule has 0 heterocycles. The van der Waals surface area contributed by atoms with E-state index in [9.17, 15) is 4.79 Å². The molecule has 0 aromatic carbocycles. The number of carbonyl (C=O) groups excluding carboxylic acids is 1. The standard InChI is InChI=1S/C13H26N2O/c1-10-9-13(2,3)7-5-11(10)15-8-6-12(16)14-4/h10-11,15H,5-9H2,1-4H3,(H,14,16). The molecule has 2 N–H and O–H groups in total. The molecule has 2 atom stereocenters. The van der Waals surface area contributed by atoms with Crippen LogP contribution >= 0.6 is 0 Å². The minimum absolute atomic E-state index is 0.122. The third-order valence-electron chi connectivity index (χ3n) is 3.73. The number of carbonyl (C=O) groups is 1. The molecule has 3 heteroatoms. The second kappa shape index (κ2) is 5.67. The summed E-state index contributed by atoms with van der Waals surface area (Å²) in [5.74, 6) is 0.838. The Balaban J connectivity index is 2.26. The maximum atomic E-state index is 11.1. The predicted molar refractivity (Wildman–Crippen MR) is 67.3 cm³/mol. The first kappa shape index (κ1) is 13.5. The second-order valence-electron chi connectivity index (χ2n) is 5.87. The fourth-order valence-electron chi connectivity index (χ4n) is 2.75. The molecular formula is C13H26N2O. The van der Waals surface area contributed by atoms with Gasteiger partial charge >= 0.3 is 0 Å². The lowest BCUT2D eigenvalue weighted by Crippen LogP contribution is -2.42. The summed E-state index contributed by atoms with van der Waals surface area (Å²) in [7, 11) is 1.69. The van der Waals surface area contributed by atoms with E-state index in [2.05, 4.69) is 31.4 Å². The van der Waals surface area contributed by atoms with Gasteiger partial charge in [-0.3, -0.25) is 4.79 Å². The van der Waals surface area contributed by atoms with Gasteiger partial charge in [-0.05, 0) is 30.6 Å². The van der Waals surface area contributed by atoms with Gasteiger partial charge in [0.05, 0.1) is 0 Å². The Morgan fingerprint density at radius 2 is 2.12 bits per heavy atom. The van der Waals surface area contributed by atoms with Gasteiger partial charge in [-0.25, -0.2) is 0 Å². The summed E-state index contributed by atoms with van der Waals surface area (Å²) in [6.45, 7) is 7.82. The lowest BCUT2D eigenvalue weighted by Gasteiger charge is -2.39. The molecule has 0 spiro atoms. The maximum Gasteiger partial charge on any atom is 0.221 e. The molecule has 0 radical (unpaired) electrons. The highest BCUT2D eigenvalue weighted by Crippen LogP contribution is 2.38. The molecule has 0 aliphatic heterocycles. The summed E-state index contributed by atoms with van der Waals surface area (Å²) in [5.41, 5.74) is 0.498. The highest BCUT2D eigenvalue weighted by molar-refractivity contribution is 5.75. The van der Waals surface area contributed by atoms with Gasteiger partial charge in [-0.1, -0.05) is 20.8 Å². The number of amides is 1. The quantitative estimate of drug-likeness (QED) is 0.769. The van der Waals surface area contributed by atoms with Gasteiger partial charge in [-0.2, -0.15) is 0 Å². The van der Waals surface area contributed by atoms with Crippen molar-refractivity contribution in [3.8, 4) is 0 Å². The van der Waals surface area contributed by atoms with Gasteiger partial charge in [0.2, 0.25) is 5.91 Å². The van der Waals surface area contributed by atoms with Gasteiger partial charge in [0.25, 0.3) is 0 Å². The second-order valence-corrected chi connectivity index (χ2v) is 5.87. The summed E-state index contributed by atoms with van der Waals surface area (Å²) < 4.78 is 0. The topological polar surface area (TPSA) is 41.1 Å². The average molecular weight is 226 g/mol. The summed E-state index contributed by atoms with van der Waals surface area (Å²) in [4.78, 5) is 11.1. The van der Waals surface area contributed by atoms with Crippen molar-refractivity contribution >= 4 is 5.91 Å². The SMILES string of the molecule is CNC(=O)CCNC1CCC(C)(C)CC1C. The van der Waals surface area contributed by atoms with E-state index in [4.69, 9.17) is 0 Å². The van der Waals surface area contributed by atoms with Gasteiger partial charge in [0, 0.05) is 26.1 Å². The Morgan fingerprint density at radius 3 is 2.69 bits per heavy atom. The van der Waals surface area contributed by atoms with Gasteiger partial charge in [-0.15, -0.1) is 0 Å². The monoisotopic (exact) mass is 226 g/mol. The molecule has 1 aliphatic carbocycles. The largest absolute Gasteiger partial charge is 0.359 e. The Labute approximate surface area is 99.4 Å². The van der Waals surface area contributed by atoms with Crippen LogP contribution in [0.15, 0.2) is 0 Å². The Bertz CT molecular complexity index is 238. The molecule has 0 bridgehead atoms. The van der Waals surface area contributed by atoms with Crippen LogP contribution in [0.2, 0.25) is 0 Å². The number of rotatable bonds is 4. The molecule has 0 aromatic heterocycles. The summed E-state index contributed by atoms with van der Waals surface area (Å²) in [5, 5.41) is 6.16. The van der Waals surface area contributed by atoms with E-state index in [-0.39, 0.29) is 5.91 Å². The molecule has 94 valence electrons. The molecule has 0 saturated heterocycles. The van der Waals surface area contributed by atoms with Crippen LogP contribution in [0.5, 0.6) is 0 Å². The third-order valence-corrected chi connectivity index (χ3v) is 3.73. The lowest BCUT2D eigenvalue weighted by molar-refractivity contribution is -0.120. The van der Waals surface area contributed by atoms with Crippen molar-refractivity contribution in [2.75, 3.05) is 13.6 Å². The van der Waals surface area contributed by atoms with Crippen molar-refractivity contribution in [2.45, 2.75) is 52.5 Å². The highest BCUT2D eigenvalue weighted by Gasteiger charge is 2.31. The van der Waals surface area contributed by atoms with Crippen LogP contribution in [0.4, 0.5) is 0 Å². The Hall–Kier alpha value is -0.570. The average Bonchev–Trinajstić information content (AvgIpc) is 2.20. The normalized spacial score (nSPS) is 28.8.